The van der Waals surface area contributed by atoms with E-state index in [-0.39, 0.29) is 17.6 Å². The molecule has 0 unspecified atom stereocenters. The molecule has 0 saturated carbocycles. The first-order valence-electron chi connectivity index (χ1n) is 7.22. The largest absolute Gasteiger partial charge is 0.424 e. The fourth-order valence-electron chi connectivity index (χ4n) is 2.02. The third-order valence-electron chi connectivity index (χ3n) is 3.18. The van der Waals surface area contributed by atoms with Crippen LogP contribution in [0.4, 0.5) is 11.4 Å². The number of amides is 1. The van der Waals surface area contributed by atoms with Crippen LogP contribution in [0.15, 0.2) is 67.0 Å². The maximum Gasteiger partial charge on any atom is 0.321 e. The molecular weight excluding hydrogens is 324 g/mol. The minimum absolute atomic E-state index is 0.0743. The van der Waals surface area contributed by atoms with Crippen LogP contribution in [0.25, 0.3) is 0 Å². The molecule has 1 aromatic heterocycles. The van der Waals surface area contributed by atoms with Gasteiger partial charge in [0.25, 0.3) is 11.6 Å². The molecule has 0 aliphatic heterocycles. The number of nitrogens with zero attached hydrogens (tertiary/aromatic N) is 3. The van der Waals surface area contributed by atoms with E-state index in [9.17, 15) is 14.9 Å². The molecule has 8 heteroatoms. The molecule has 0 spiro atoms. The SMILES string of the molecule is O=C(Nc1cccc(Oc2ncccn2)c1)c1ccc([N+](=O)[O-])cc1. The smallest absolute Gasteiger partial charge is 0.321 e. The zero-order valence-electron chi connectivity index (χ0n) is 12.8. The number of nitro groups is 1. The Hall–Kier alpha value is -3.81. The van der Waals surface area contributed by atoms with Crippen LogP contribution in [-0.2, 0) is 0 Å². The summed E-state index contributed by atoms with van der Waals surface area (Å²) in [5.74, 6) is 0.0794. The van der Waals surface area contributed by atoms with Gasteiger partial charge in [-0.15, -0.1) is 0 Å². The highest BCUT2D eigenvalue weighted by atomic mass is 16.6. The van der Waals surface area contributed by atoms with E-state index in [4.69, 9.17) is 4.74 Å². The topological polar surface area (TPSA) is 107 Å². The van der Waals surface area contributed by atoms with E-state index in [1.54, 1.807) is 42.7 Å². The van der Waals surface area contributed by atoms with Crippen molar-refractivity contribution in [2.75, 3.05) is 5.32 Å². The van der Waals surface area contributed by atoms with Crippen molar-refractivity contribution in [2.45, 2.75) is 0 Å². The standard InChI is InChI=1S/C17H12N4O4/c22-16(12-5-7-14(8-6-12)21(23)24)20-13-3-1-4-15(11-13)25-17-18-9-2-10-19-17/h1-11H,(H,20,22). The van der Waals surface area contributed by atoms with Gasteiger partial charge in [0, 0.05) is 41.8 Å². The molecule has 0 fully saturated rings. The maximum atomic E-state index is 12.2. The molecule has 0 saturated heterocycles. The molecule has 3 aromatic rings. The zero-order chi connectivity index (χ0) is 17.6. The van der Waals surface area contributed by atoms with Crippen molar-refractivity contribution < 1.29 is 14.5 Å². The van der Waals surface area contributed by atoms with Gasteiger partial charge in [0.2, 0.25) is 0 Å². The Morgan fingerprint density at radius 2 is 1.76 bits per heavy atom. The molecule has 1 N–H and O–H groups in total. The molecule has 25 heavy (non-hydrogen) atoms. The van der Waals surface area contributed by atoms with Gasteiger partial charge in [-0.05, 0) is 30.3 Å². The lowest BCUT2D eigenvalue weighted by atomic mass is 10.2. The third-order valence-corrected chi connectivity index (χ3v) is 3.18. The highest BCUT2D eigenvalue weighted by Gasteiger charge is 2.10. The summed E-state index contributed by atoms with van der Waals surface area (Å²) < 4.78 is 5.50. The normalized spacial score (nSPS) is 10.1. The zero-order valence-corrected chi connectivity index (χ0v) is 12.8. The van der Waals surface area contributed by atoms with Crippen LogP contribution in [0, 0.1) is 10.1 Å². The van der Waals surface area contributed by atoms with Gasteiger partial charge in [-0.2, -0.15) is 0 Å². The van der Waals surface area contributed by atoms with E-state index < -0.39 is 4.92 Å². The number of hydrogen-bond donors (Lipinski definition) is 1. The Bertz CT molecular complexity index is 898. The van der Waals surface area contributed by atoms with Crippen molar-refractivity contribution in [1.29, 1.82) is 0 Å². The molecule has 0 atom stereocenters. The van der Waals surface area contributed by atoms with Crippen LogP contribution < -0.4 is 10.1 Å². The van der Waals surface area contributed by atoms with Gasteiger partial charge in [0.1, 0.15) is 5.75 Å². The highest BCUT2D eigenvalue weighted by Crippen LogP contribution is 2.22. The van der Waals surface area contributed by atoms with Crippen molar-refractivity contribution >= 4 is 17.3 Å². The second kappa shape index (κ2) is 7.18. The number of carbonyl (C=O) groups is 1. The second-order valence-corrected chi connectivity index (χ2v) is 4.92. The average Bonchev–Trinajstić information content (AvgIpc) is 2.63. The number of benzene rings is 2. The minimum atomic E-state index is -0.520. The summed E-state index contributed by atoms with van der Waals surface area (Å²) in [5, 5.41) is 13.3. The number of hydrogen-bond acceptors (Lipinski definition) is 6. The molecule has 0 bridgehead atoms. The van der Waals surface area contributed by atoms with Crippen molar-refractivity contribution in [2.24, 2.45) is 0 Å². The van der Waals surface area contributed by atoms with Gasteiger partial charge >= 0.3 is 6.01 Å². The third kappa shape index (κ3) is 4.14. The molecule has 0 radical (unpaired) electrons. The van der Waals surface area contributed by atoms with Crippen molar-refractivity contribution in [1.82, 2.24) is 9.97 Å². The van der Waals surface area contributed by atoms with Gasteiger partial charge in [-0.25, -0.2) is 9.97 Å². The monoisotopic (exact) mass is 336 g/mol. The van der Waals surface area contributed by atoms with Crippen LogP contribution in [0.1, 0.15) is 10.4 Å². The van der Waals surface area contributed by atoms with Crippen LogP contribution in [0.3, 0.4) is 0 Å². The summed E-state index contributed by atoms with van der Waals surface area (Å²) >= 11 is 0. The van der Waals surface area contributed by atoms with Crippen LogP contribution >= 0.6 is 0 Å². The Kier molecular flexibility index (Phi) is 4.61. The highest BCUT2D eigenvalue weighted by molar-refractivity contribution is 6.04. The number of rotatable bonds is 5. The number of aromatic nitrogens is 2. The maximum absolute atomic E-state index is 12.2. The van der Waals surface area contributed by atoms with Gasteiger partial charge in [0.15, 0.2) is 0 Å². The molecule has 3 rings (SSSR count). The molecule has 0 aliphatic carbocycles. The van der Waals surface area contributed by atoms with E-state index in [1.807, 2.05) is 0 Å². The van der Waals surface area contributed by atoms with E-state index in [0.717, 1.165) is 0 Å². The fraction of sp³-hybridized carbons (Fsp3) is 0. The number of nitrogens with one attached hydrogen (secondary N) is 1. The van der Waals surface area contributed by atoms with Gasteiger partial charge in [-0.3, -0.25) is 14.9 Å². The molecule has 2 aromatic carbocycles. The van der Waals surface area contributed by atoms with Crippen molar-refractivity contribution in [3.63, 3.8) is 0 Å². The van der Waals surface area contributed by atoms with Gasteiger partial charge in [-0.1, -0.05) is 6.07 Å². The van der Waals surface area contributed by atoms with Crippen LogP contribution in [0.5, 0.6) is 11.8 Å². The summed E-state index contributed by atoms with van der Waals surface area (Å²) in [7, 11) is 0. The Morgan fingerprint density at radius 3 is 2.44 bits per heavy atom. The summed E-state index contributed by atoms with van der Waals surface area (Å²) in [4.78, 5) is 30.3. The Labute approximate surface area is 142 Å². The van der Waals surface area contributed by atoms with Crippen LogP contribution in [0.2, 0.25) is 0 Å². The molecule has 0 aliphatic rings. The lowest BCUT2D eigenvalue weighted by Crippen LogP contribution is -2.11. The number of ether oxygens (including phenoxy) is 1. The first-order chi connectivity index (χ1) is 12.1. The van der Waals surface area contributed by atoms with Gasteiger partial charge < -0.3 is 10.1 Å². The summed E-state index contributed by atoms with van der Waals surface area (Å²) in [6, 6.07) is 14.0. The average molecular weight is 336 g/mol. The van der Waals surface area contributed by atoms with Crippen molar-refractivity contribution in [3.8, 4) is 11.8 Å². The molecule has 8 nitrogen and oxygen atoms in total. The first kappa shape index (κ1) is 16.1. The quantitative estimate of drug-likeness (QED) is 0.565. The Balaban J connectivity index is 1.71. The molecule has 1 amide bonds. The predicted molar refractivity (Wildman–Crippen MR) is 89.6 cm³/mol. The molecule has 124 valence electrons. The number of anilines is 1. The van der Waals surface area contributed by atoms with Crippen LogP contribution in [-0.4, -0.2) is 20.8 Å². The fourth-order valence-corrected chi connectivity index (χ4v) is 2.02. The molecule has 1 heterocycles. The first-order valence-corrected chi connectivity index (χ1v) is 7.22. The number of nitro benzene ring substituents is 1. The lowest BCUT2D eigenvalue weighted by molar-refractivity contribution is -0.384. The van der Waals surface area contributed by atoms with E-state index >= 15 is 0 Å². The number of carbonyl (C=O) groups excluding carboxylic acids is 1. The van der Waals surface area contributed by atoms with E-state index in [0.29, 0.717) is 17.0 Å². The predicted octanol–water partition coefficient (Wildman–Crippen LogP) is 3.43. The second-order valence-electron chi connectivity index (χ2n) is 4.92. The minimum Gasteiger partial charge on any atom is -0.424 e. The van der Waals surface area contributed by atoms with E-state index in [1.165, 1.54) is 24.3 Å². The number of non-ortho nitro benzene ring substituents is 1. The summed E-state index contributed by atoms with van der Waals surface area (Å²) in [5.41, 5.74) is 0.745. The molecular formula is C17H12N4O4. The lowest BCUT2D eigenvalue weighted by Gasteiger charge is -2.08. The van der Waals surface area contributed by atoms with Crippen molar-refractivity contribution in [3.05, 3.63) is 82.7 Å². The Morgan fingerprint density at radius 1 is 1.04 bits per heavy atom. The van der Waals surface area contributed by atoms with Gasteiger partial charge in [0.05, 0.1) is 4.92 Å². The summed E-state index contributed by atoms with van der Waals surface area (Å²) in [6.07, 6.45) is 3.12. The summed E-state index contributed by atoms with van der Waals surface area (Å²) in [6.45, 7) is 0. The van der Waals surface area contributed by atoms with E-state index in [2.05, 4.69) is 15.3 Å².